The Kier molecular flexibility index (Phi) is 3.35. The highest BCUT2D eigenvalue weighted by Crippen LogP contribution is 2.42. The van der Waals surface area contributed by atoms with Crippen molar-refractivity contribution in [3.05, 3.63) is 5.89 Å². The van der Waals surface area contributed by atoms with Crippen LogP contribution in [0.3, 0.4) is 0 Å². The van der Waals surface area contributed by atoms with E-state index in [2.05, 4.69) is 19.9 Å². The van der Waals surface area contributed by atoms with Gasteiger partial charge in [-0.15, -0.1) is 0 Å². The molecule has 0 aromatic carbocycles. The van der Waals surface area contributed by atoms with E-state index in [-0.39, 0.29) is 5.41 Å². The summed E-state index contributed by atoms with van der Waals surface area (Å²) in [7, 11) is 0. The van der Waals surface area contributed by atoms with Crippen molar-refractivity contribution in [2.75, 3.05) is 31.1 Å². The van der Waals surface area contributed by atoms with Crippen LogP contribution in [0.1, 0.15) is 44.4 Å². The van der Waals surface area contributed by atoms with Crippen molar-refractivity contribution in [2.24, 2.45) is 11.3 Å². The van der Waals surface area contributed by atoms with Crippen molar-refractivity contribution in [3.63, 3.8) is 0 Å². The Morgan fingerprint density at radius 2 is 2.14 bits per heavy atom. The number of carbonyl (C=O) groups is 1. The first kappa shape index (κ1) is 14.0. The smallest absolute Gasteiger partial charge is 0.266 e. The molecular formula is C16H24N4O2. The molecule has 3 heterocycles. The third kappa shape index (κ3) is 2.29. The minimum Gasteiger partial charge on any atom is -0.342 e. The molecule has 6 nitrogen and oxygen atoms in total. The molecule has 1 atom stereocenters. The quantitative estimate of drug-likeness (QED) is 0.854. The molecule has 1 aliphatic carbocycles. The van der Waals surface area contributed by atoms with Gasteiger partial charge in [-0.3, -0.25) is 4.79 Å². The highest BCUT2D eigenvalue weighted by atomic mass is 16.5. The molecular weight excluding hydrogens is 280 g/mol. The molecule has 4 rings (SSSR count). The molecule has 120 valence electrons. The van der Waals surface area contributed by atoms with Crippen molar-refractivity contribution >= 4 is 11.9 Å². The lowest BCUT2D eigenvalue weighted by atomic mass is 9.77. The van der Waals surface area contributed by atoms with E-state index < -0.39 is 0 Å². The number of hydrogen-bond acceptors (Lipinski definition) is 5. The fraction of sp³-hybridized carbons (Fsp3) is 0.812. The first-order valence-corrected chi connectivity index (χ1v) is 8.51. The average Bonchev–Trinajstić information content (AvgIpc) is 3.06. The normalized spacial score (nSPS) is 29.4. The Labute approximate surface area is 130 Å². The Hall–Kier alpha value is -1.59. The van der Waals surface area contributed by atoms with Gasteiger partial charge in [0.15, 0.2) is 0 Å². The van der Waals surface area contributed by atoms with Crippen molar-refractivity contribution in [1.29, 1.82) is 0 Å². The molecule has 3 aliphatic rings. The highest BCUT2D eigenvalue weighted by Gasteiger charge is 2.49. The number of piperidine rings is 1. The summed E-state index contributed by atoms with van der Waals surface area (Å²) in [5.41, 5.74) is -0.212. The zero-order chi connectivity index (χ0) is 15.2. The first-order chi connectivity index (χ1) is 10.7. The van der Waals surface area contributed by atoms with Gasteiger partial charge in [0.2, 0.25) is 11.8 Å². The molecule has 1 aromatic rings. The number of amides is 1. The lowest BCUT2D eigenvalue weighted by Crippen LogP contribution is -2.51. The van der Waals surface area contributed by atoms with Crippen LogP contribution in [0.4, 0.5) is 5.95 Å². The van der Waals surface area contributed by atoms with E-state index in [9.17, 15) is 4.79 Å². The van der Waals surface area contributed by atoms with Gasteiger partial charge in [-0.05, 0) is 43.2 Å². The number of likely N-dealkylation sites (tertiary alicyclic amines) is 1. The monoisotopic (exact) mass is 304 g/mol. The average molecular weight is 304 g/mol. The van der Waals surface area contributed by atoms with E-state index in [1.54, 1.807) is 6.92 Å². The summed E-state index contributed by atoms with van der Waals surface area (Å²) < 4.78 is 5.08. The second-order valence-electron chi connectivity index (χ2n) is 7.22. The maximum atomic E-state index is 13.0. The minimum absolute atomic E-state index is 0.212. The fourth-order valence-corrected chi connectivity index (χ4v) is 4.15. The molecule has 1 aromatic heterocycles. The largest absolute Gasteiger partial charge is 0.342 e. The van der Waals surface area contributed by atoms with E-state index in [4.69, 9.17) is 4.52 Å². The standard InChI is InChI=1S/C16H24N4O2/c1-12-17-15(18-22-12)20-9-7-16(11-20)6-3-8-19(14(16)21)10-13-4-2-5-13/h13H,2-11H2,1H3/t16-/m0/s1. The summed E-state index contributed by atoms with van der Waals surface area (Å²) in [4.78, 5) is 21.6. The van der Waals surface area contributed by atoms with Gasteiger partial charge in [-0.2, -0.15) is 4.98 Å². The molecule has 1 saturated carbocycles. The third-order valence-electron chi connectivity index (χ3n) is 5.68. The number of hydrogen-bond donors (Lipinski definition) is 0. The predicted molar refractivity (Wildman–Crippen MR) is 81.5 cm³/mol. The molecule has 0 N–H and O–H groups in total. The van der Waals surface area contributed by atoms with Crippen LogP contribution in [0, 0.1) is 18.3 Å². The van der Waals surface area contributed by atoms with Gasteiger partial charge in [-0.1, -0.05) is 6.42 Å². The lowest BCUT2D eigenvalue weighted by molar-refractivity contribution is -0.146. The minimum atomic E-state index is -0.212. The molecule has 0 radical (unpaired) electrons. The number of carbonyl (C=O) groups excluding carboxylic acids is 1. The maximum Gasteiger partial charge on any atom is 0.266 e. The first-order valence-electron chi connectivity index (χ1n) is 8.51. The molecule has 6 heteroatoms. The zero-order valence-electron chi connectivity index (χ0n) is 13.3. The Bertz CT molecular complexity index is 568. The van der Waals surface area contributed by atoms with E-state index >= 15 is 0 Å². The van der Waals surface area contributed by atoms with Gasteiger partial charge in [0.05, 0.1) is 5.41 Å². The van der Waals surface area contributed by atoms with Gasteiger partial charge in [0.1, 0.15) is 0 Å². The maximum absolute atomic E-state index is 13.0. The van der Waals surface area contributed by atoms with Crippen LogP contribution in [-0.2, 0) is 4.79 Å². The summed E-state index contributed by atoms with van der Waals surface area (Å²) in [6.07, 6.45) is 6.97. The molecule has 0 unspecified atom stereocenters. The molecule has 0 bridgehead atoms. The van der Waals surface area contributed by atoms with Gasteiger partial charge in [-0.25, -0.2) is 0 Å². The number of aryl methyl sites for hydroxylation is 1. The fourth-order valence-electron chi connectivity index (χ4n) is 4.15. The number of nitrogens with zero attached hydrogens (tertiary/aromatic N) is 4. The zero-order valence-corrected chi connectivity index (χ0v) is 13.3. The number of anilines is 1. The molecule has 2 aliphatic heterocycles. The van der Waals surface area contributed by atoms with E-state index in [0.717, 1.165) is 51.4 Å². The van der Waals surface area contributed by atoms with E-state index in [0.29, 0.717) is 17.7 Å². The summed E-state index contributed by atoms with van der Waals surface area (Å²) in [5.74, 6) is 2.33. The number of rotatable bonds is 3. The van der Waals surface area contributed by atoms with Crippen LogP contribution in [0.25, 0.3) is 0 Å². The van der Waals surface area contributed by atoms with E-state index in [1.165, 1.54) is 19.3 Å². The van der Waals surface area contributed by atoms with Crippen LogP contribution in [0.5, 0.6) is 0 Å². The Morgan fingerprint density at radius 1 is 1.27 bits per heavy atom. The van der Waals surface area contributed by atoms with Gasteiger partial charge >= 0.3 is 0 Å². The molecule has 2 saturated heterocycles. The lowest BCUT2D eigenvalue weighted by Gasteiger charge is -2.42. The molecule has 1 amide bonds. The van der Waals surface area contributed by atoms with Crippen LogP contribution >= 0.6 is 0 Å². The predicted octanol–water partition coefficient (Wildman–Crippen LogP) is 2.00. The van der Waals surface area contributed by atoms with Gasteiger partial charge < -0.3 is 14.3 Å². The topological polar surface area (TPSA) is 62.5 Å². The molecule has 1 spiro atoms. The SMILES string of the molecule is Cc1nc(N2CC[C@@]3(CCCN(CC4CCC4)C3=O)C2)no1. The van der Waals surface area contributed by atoms with Gasteiger partial charge in [0, 0.05) is 33.1 Å². The van der Waals surface area contributed by atoms with Crippen molar-refractivity contribution in [2.45, 2.75) is 45.4 Å². The van der Waals surface area contributed by atoms with Crippen molar-refractivity contribution in [3.8, 4) is 0 Å². The van der Waals surface area contributed by atoms with Crippen molar-refractivity contribution < 1.29 is 9.32 Å². The van der Waals surface area contributed by atoms with Crippen LogP contribution in [0.2, 0.25) is 0 Å². The summed E-state index contributed by atoms with van der Waals surface area (Å²) in [5, 5.41) is 4.01. The van der Waals surface area contributed by atoms with Crippen LogP contribution in [0.15, 0.2) is 4.52 Å². The van der Waals surface area contributed by atoms with Crippen LogP contribution < -0.4 is 4.90 Å². The summed E-state index contributed by atoms with van der Waals surface area (Å²) in [6.45, 7) is 5.31. The van der Waals surface area contributed by atoms with Gasteiger partial charge in [0.25, 0.3) is 5.95 Å². The summed E-state index contributed by atoms with van der Waals surface area (Å²) >= 11 is 0. The second kappa shape index (κ2) is 5.25. The van der Waals surface area contributed by atoms with Crippen molar-refractivity contribution in [1.82, 2.24) is 15.0 Å². The third-order valence-corrected chi connectivity index (χ3v) is 5.68. The highest BCUT2D eigenvalue weighted by molar-refractivity contribution is 5.85. The second-order valence-corrected chi connectivity index (χ2v) is 7.22. The Morgan fingerprint density at radius 3 is 2.82 bits per heavy atom. The molecule has 3 fully saturated rings. The van der Waals surface area contributed by atoms with E-state index in [1.807, 2.05) is 0 Å². The Balaban J connectivity index is 1.47. The summed E-state index contributed by atoms with van der Waals surface area (Å²) in [6, 6.07) is 0. The molecule has 22 heavy (non-hydrogen) atoms. The number of aromatic nitrogens is 2. The van der Waals surface area contributed by atoms with Crippen LogP contribution in [-0.4, -0.2) is 47.1 Å².